The summed E-state index contributed by atoms with van der Waals surface area (Å²) in [7, 11) is -2.97. The molecule has 6 heteroatoms. The van der Waals surface area contributed by atoms with E-state index in [9.17, 15) is 13.2 Å². The minimum atomic E-state index is -2.97. The van der Waals surface area contributed by atoms with Crippen LogP contribution < -0.4 is 0 Å². The monoisotopic (exact) mass is 283 g/mol. The second-order valence-corrected chi connectivity index (χ2v) is 8.02. The summed E-state index contributed by atoms with van der Waals surface area (Å²) in [6.07, 6.45) is 0. The first-order valence-corrected chi connectivity index (χ1v) is 8.47. The lowest BCUT2D eigenvalue weighted by Gasteiger charge is -2.22. The second-order valence-electron chi connectivity index (χ2n) is 4.68. The Morgan fingerprint density at radius 2 is 1.94 bits per heavy atom. The molecule has 0 unspecified atom stereocenters. The van der Waals surface area contributed by atoms with Gasteiger partial charge in [-0.15, -0.1) is 0 Å². The molecule has 0 saturated carbocycles. The molecule has 2 aliphatic rings. The van der Waals surface area contributed by atoms with Gasteiger partial charge in [-0.1, -0.05) is 42.1 Å². The predicted octanol–water partition coefficient (Wildman–Crippen LogP) is 1.52. The third-order valence-corrected chi connectivity index (χ3v) is 6.50. The zero-order valence-electron chi connectivity index (χ0n) is 9.65. The van der Waals surface area contributed by atoms with Crippen molar-refractivity contribution in [2.75, 3.05) is 11.5 Å². The number of benzene rings is 1. The summed E-state index contributed by atoms with van der Waals surface area (Å²) >= 11 is 1.17. The molecule has 2 atom stereocenters. The van der Waals surface area contributed by atoms with Gasteiger partial charge in [0, 0.05) is 11.8 Å². The van der Waals surface area contributed by atoms with Gasteiger partial charge in [-0.25, -0.2) is 8.42 Å². The van der Waals surface area contributed by atoms with Crippen molar-refractivity contribution >= 4 is 26.8 Å². The largest absolute Gasteiger partial charge is 0.324 e. The van der Waals surface area contributed by atoms with Crippen LogP contribution in [0.25, 0.3) is 0 Å². The van der Waals surface area contributed by atoms with Gasteiger partial charge in [0.05, 0.1) is 17.5 Å². The third kappa shape index (κ3) is 2.14. The van der Waals surface area contributed by atoms with Crippen LogP contribution in [0.5, 0.6) is 0 Å². The summed E-state index contributed by atoms with van der Waals surface area (Å²) in [6, 6.07) is 9.53. The molecule has 4 nitrogen and oxygen atoms in total. The van der Waals surface area contributed by atoms with E-state index in [1.165, 1.54) is 11.8 Å². The highest BCUT2D eigenvalue weighted by molar-refractivity contribution is 8.15. The maximum Gasteiger partial charge on any atom is 0.282 e. The number of carbonyl (C=O) groups excluding carboxylic acids is 1. The average Bonchev–Trinajstić information content (AvgIpc) is 2.74. The Hall–Kier alpha value is -1.01. The predicted molar refractivity (Wildman–Crippen MR) is 71.2 cm³/mol. The first kappa shape index (κ1) is 12.0. The summed E-state index contributed by atoms with van der Waals surface area (Å²) < 4.78 is 23.2. The maximum absolute atomic E-state index is 11.9. The Bertz CT molecular complexity index is 570. The quantitative estimate of drug-likeness (QED) is 0.826. The van der Waals surface area contributed by atoms with E-state index >= 15 is 0 Å². The average molecular weight is 283 g/mol. The first-order chi connectivity index (χ1) is 8.55. The van der Waals surface area contributed by atoms with E-state index in [0.717, 1.165) is 5.56 Å². The molecule has 1 aromatic carbocycles. The van der Waals surface area contributed by atoms with Crippen LogP contribution in [0.1, 0.15) is 5.56 Å². The number of amides is 1. The smallest absolute Gasteiger partial charge is 0.282 e. The molecular weight excluding hydrogens is 270 g/mol. The third-order valence-electron chi connectivity index (χ3n) is 3.35. The minimum absolute atomic E-state index is 0.00348. The lowest BCUT2D eigenvalue weighted by atomic mass is 10.1. The van der Waals surface area contributed by atoms with Crippen molar-refractivity contribution in [3.63, 3.8) is 0 Å². The number of rotatable bonds is 2. The van der Waals surface area contributed by atoms with Crippen LogP contribution in [-0.4, -0.2) is 41.4 Å². The van der Waals surface area contributed by atoms with E-state index in [0.29, 0.717) is 6.54 Å². The molecular formula is C12H13NO3S2. The number of hydrogen-bond acceptors (Lipinski definition) is 4. The molecule has 1 amide bonds. The Morgan fingerprint density at radius 3 is 2.67 bits per heavy atom. The SMILES string of the molecule is O=C1S[C@H]2CS(=O)(=O)C[C@H]2N1Cc1ccccc1. The van der Waals surface area contributed by atoms with Gasteiger partial charge in [0.1, 0.15) is 0 Å². The van der Waals surface area contributed by atoms with Crippen molar-refractivity contribution < 1.29 is 13.2 Å². The number of carbonyl (C=O) groups is 1. The Balaban J connectivity index is 1.82. The van der Waals surface area contributed by atoms with Crippen LogP contribution in [-0.2, 0) is 16.4 Å². The zero-order valence-corrected chi connectivity index (χ0v) is 11.3. The molecule has 18 heavy (non-hydrogen) atoms. The molecule has 0 aromatic heterocycles. The summed E-state index contributed by atoms with van der Waals surface area (Å²) in [5, 5.41) is -0.0741. The molecule has 1 aromatic rings. The second kappa shape index (κ2) is 4.28. The number of sulfone groups is 1. The van der Waals surface area contributed by atoms with E-state index < -0.39 is 9.84 Å². The zero-order chi connectivity index (χ0) is 12.8. The molecule has 2 fully saturated rings. The highest BCUT2D eigenvalue weighted by atomic mass is 32.2. The Kier molecular flexibility index (Phi) is 2.86. The van der Waals surface area contributed by atoms with Crippen molar-refractivity contribution in [2.45, 2.75) is 17.8 Å². The van der Waals surface area contributed by atoms with Gasteiger partial charge in [0.15, 0.2) is 9.84 Å². The van der Waals surface area contributed by atoms with Gasteiger partial charge in [-0.05, 0) is 5.56 Å². The lowest BCUT2D eigenvalue weighted by molar-refractivity contribution is 0.210. The number of fused-ring (bicyclic) bond motifs is 1. The minimum Gasteiger partial charge on any atom is -0.324 e. The van der Waals surface area contributed by atoms with E-state index in [1.54, 1.807) is 4.90 Å². The Morgan fingerprint density at radius 1 is 1.22 bits per heavy atom. The summed E-state index contributed by atoms with van der Waals surface area (Å²) in [6.45, 7) is 0.503. The molecule has 2 aliphatic heterocycles. The highest BCUT2D eigenvalue weighted by Crippen LogP contribution is 2.38. The molecule has 2 heterocycles. The van der Waals surface area contributed by atoms with Gasteiger partial charge in [0.2, 0.25) is 0 Å². The van der Waals surface area contributed by atoms with E-state index in [4.69, 9.17) is 0 Å². The number of thioether (sulfide) groups is 1. The fraction of sp³-hybridized carbons (Fsp3) is 0.417. The highest BCUT2D eigenvalue weighted by Gasteiger charge is 2.49. The molecule has 0 radical (unpaired) electrons. The van der Waals surface area contributed by atoms with Crippen LogP contribution in [0.15, 0.2) is 30.3 Å². The normalized spacial score (nSPS) is 29.6. The van der Waals surface area contributed by atoms with Gasteiger partial charge >= 0.3 is 0 Å². The number of hydrogen-bond donors (Lipinski definition) is 0. The van der Waals surface area contributed by atoms with Gasteiger partial charge < -0.3 is 4.90 Å². The van der Waals surface area contributed by atoms with E-state index in [2.05, 4.69) is 0 Å². The van der Waals surface area contributed by atoms with Crippen LogP contribution >= 0.6 is 11.8 Å². The van der Waals surface area contributed by atoms with Crippen molar-refractivity contribution in [3.8, 4) is 0 Å². The molecule has 0 spiro atoms. The molecule has 2 saturated heterocycles. The summed E-state index contributed by atoms with van der Waals surface area (Å²) in [4.78, 5) is 13.6. The fourth-order valence-electron chi connectivity index (χ4n) is 2.49. The summed E-state index contributed by atoms with van der Waals surface area (Å²) in [5.41, 5.74) is 1.04. The summed E-state index contributed by atoms with van der Waals surface area (Å²) in [5.74, 6) is 0.253. The molecule has 3 rings (SSSR count). The van der Waals surface area contributed by atoms with Crippen molar-refractivity contribution in [1.29, 1.82) is 0 Å². The first-order valence-electron chi connectivity index (χ1n) is 5.77. The van der Waals surface area contributed by atoms with E-state index in [-0.39, 0.29) is 28.0 Å². The van der Waals surface area contributed by atoms with Gasteiger partial charge in [-0.3, -0.25) is 4.79 Å². The molecule has 0 N–H and O–H groups in total. The van der Waals surface area contributed by atoms with Crippen LogP contribution in [0.3, 0.4) is 0 Å². The Labute approximate surface area is 110 Å². The molecule has 96 valence electrons. The van der Waals surface area contributed by atoms with Crippen LogP contribution in [0, 0.1) is 0 Å². The van der Waals surface area contributed by atoms with Gasteiger partial charge in [-0.2, -0.15) is 0 Å². The maximum atomic E-state index is 11.9. The van der Waals surface area contributed by atoms with Crippen LogP contribution in [0.4, 0.5) is 4.79 Å². The standard InChI is InChI=1S/C12H13NO3S2/c14-12-13(6-9-4-2-1-3-5-9)10-7-18(15,16)8-11(10)17-12/h1-5,10-11H,6-8H2/t10-,11+/m1/s1. The van der Waals surface area contributed by atoms with E-state index in [1.807, 2.05) is 30.3 Å². The van der Waals surface area contributed by atoms with Crippen molar-refractivity contribution in [3.05, 3.63) is 35.9 Å². The molecule has 0 aliphatic carbocycles. The van der Waals surface area contributed by atoms with Crippen LogP contribution in [0.2, 0.25) is 0 Å². The van der Waals surface area contributed by atoms with Crippen molar-refractivity contribution in [1.82, 2.24) is 4.90 Å². The van der Waals surface area contributed by atoms with Crippen molar-refractivity contribution in [2.24, 2.45) is 0 Å². The van der Waals surface area contributed by atoms with Gasteiger partial charge in [0.25, 0.3) is 5.24 Å². The topological polar surface area (TPSA) is 54.5 Å². The fourth-order valence-corrected chi connectivity index (χ4v) is 6.30. The molecule has 0 bridgehead atoms. The number of nitrogens with zero attached hydrogens (tertiary/aromatic N) is 1. The lowest BCUT2D eigenvalue weighted by Crippen LogP contribution is -2.36.